The number of hydrogen-bond acceptors (Lipinski definition) is 2. The third-order valence-corrected chi connectivity index (χ3v) is 1.63. The van der Waals surface area contributed by atoms with Crippen LogP contribution in [0, 0.1) is 5.82 Å². The van der Waals surface area contributed by atoms with E-state index in [2.05, 4.69) is 4.98 Å². The molecule has 1 rings (SSSR count). The fourth-order valence-electron chi connectivity index (χ4n) is 0.784. The molecule has 1 aromatic rings. The van der Waals surface area contributed by atoms with Crippen molar-refractivity contribution in [1.82, 2.24) is 4.98 Å². The van der Waals surface area contributed by atoms with E-state index in [4.69, 9.17) is 17.3 Å². The van der Waals surface area contributed by atoms with Crippen LogP contribution in [0.2, 0.25) is 5.15 Å². The SMILES string of the molecule is CC(N)c1ccnc(Cl)c1F. The largest absolute Gasteiger partial charge is 0.324 e. The Kier molecular flexibility index (Phi) is 2.42. The maximum Gasteiger partial charge on any atom is 0.165 e. The highest BCUT2D eigenvalue weighted by molar-refractivity contribution is 6.29. The van der Waals surface area contributed by atoms with Crippen LogP contribution in [0.4, 0.5) is 4.39 Å². The lowest BCUT2D eigenvalue weighted by atomic mass is 10.1. The number of hydrogen-bond donors (Lipinski definition) is 1. The monoisotopic (exact) mass is 174 g/mol. The van der Waals surface area contributed by atoms with Gasteiger partial charge in [-0.25, -0.2) is 9.37 Å². The first-order valence-electron chi connectivity index (χ1n) is 3.18. The van der Waals surface area contributed by atoms with Crippen molar-refractivity contribution >= 4 is 11.6 Å². The molecule has 4 heteroatoms. The normalized spacial score (nSPS) is 13.1. The van der Waals surface area contributed by atoms with Crippen LogP contribution in [0.25, 0.3) is 0 Å². The van der Waals surface area contributed by atoms with Gasteiger partial charge in [-0.05, 0) is 13.0 Å². The van der Waals surface area contributed by atoms with Crippen LogP contribution in [0.1, 0.15) is 18.5 Å². The van der Waals surface area contributed by atoms with Gasteiger partial charge in [0, 0.05) is 17.8 Å². The van der Waals surface area contributed by atoms with Gasteiger partial charge in [0.1, 0.15) is 0 Å². The predicted molar refractivity (Wildman–Crippen MR) is 41.8 cm³/mol. The molecule has 60 valence electrons. The van der Waals surface area contributed by atoms with E-state index in [9.17, 15) is 4.39 Å². The van der Waals surface area contributed by atoms with Gasteiger partial charge in [0.05, 0.1) is 0 Å². The molecule has 0 saturated carbocycles. The molecule has 0 radical (unpaired) electrons. The van der Waals surface area contributed by atoms with E-state index >= 15 is 0 Å². The minimum Gasteiger partial charge on any atom is -0.324 e. The first-order chi connectivity index (χ1) is 5.13. The smallest absolute Gasteiger partial charge is 0.165 e. The van der Waals surface area contributed by atoms with E-state index in [0.717, 1.165) is 0 Å². The van der Waals surface area contributed by atoms with Crippen molar-refractivity contribution < 1.29 is 4.39 Å². The summed E-state index contributed by atoms with van der Waals surface area (Å²) in [6.45, 7) is 1.69. The van der Waals surface area contributed by atoms with E-state index in [1.807, 2.05) is 0 Å². The van der Waals surface area contributed by atoms with Crippen molar-refractivity contribution in [3.8, 4) is 0 Å². The predicted octanol–water partition coefficient (Wildman–Crippen LogP) is 1.89. The molecule has 0 bridgehead atoms. The van der Waals surface area contributed by atoms with Crippen LogP contribution in [0.15, 0.2) is 12.3 Å². The van der Waals surface area contributed by atoms with Gasteiger partial charge in [0.2, 0.25) is 0 Å². The molecule has 1 atom stereocenters. The molecular formula is C7H8ClFN2. The lowest BCUT2D eigenvalue weighted by Crippen LogP contribution is -2.07. The Balaban J connectivity index is 3.17. The van der Waals surface area contributed by atoms with Crippen molar-refractivity contribution in [2.75, 3.05) is 0 Å². The van der Waals surface area contributed by atoms with Crippen molar-refractivity contribution in [2.24, 2.45) is 5.73 Å². The molecule has 0 aliphatic carbocycles. The number of rotatable bonds is 1. The average Bonchev–Trinajstić information content (AvgIpc) is 1.94. The summed E-state index contributed by atoms with van der Waals surface area (Å²) in [6.07, 6.45) is 1.43. The van der Waals surface area contributed by atoms with Gasteiger partial charge in [-0.2, -0.15) is 0 Å². The second kappa shape index (κ2) is 3.15. The molecule has 2 N–H and O–H groups in total. The zero-order valence-corrected chi connectivity index (χ0v) is 6.77. The van der Waals surface area contributed by atoms with Gasteiger partial charge >= 0.3 is 0 Å². The van der Waals surface area contributed by atoms with Crippen LogP contribution < -0.4 is 5.73 Å². The van der Waals surface area contributed by atoms with Crippen LogP contribution in [-0.2, 0) is 0 Å². The average molecular weight is 175 g/mol. The van der Waals surface area contributed by atoms with Gasteiger partial charge in [-0.15, -0.1) is 0 Å². The Labute approximate surface area is 69.2 Å². The Morgan fingerprint density at radius 1 is 1.73 bits per heavy atom. The zero-order chi connectivity index (χ0) is 8.43. The molecule has 0 saturated heterocycles. The summed E-state index contributed by atoms with van der Waals surface area (Å²) in [7, 11) is 0. The molecule has 0 aliphatic heterocycles. The fraction of sp³-hybridized carbons (Fsp3) is 0.286. The van der Waals surface area contributed by atoms with E-state index in [1.54, 1.807) is 6.92 Å². The van der Waals surface area contributed by atoms with Crippen molar-refractivity contribution in [2.45, 2.75) is 13.0 Å². The number of aromatic nitrogens is 1. The molecule has 0 aromatic carbocycles. The summed E-state index contributed by atoms with van der Waals surface area (Å²) < 4.78 is 13.0. The zero-order valence-electron chi connectivity index (χ0n) is 6.01. The second-order valence-corrected chi connectivity index (χ2v) is 2.65. The molecule has 1 unspecified atom stereocenters. The highest BCUT2D eigenvalue weighted by Gasteiger charge is 2.09. The number of pyridine rings is 1. The van der Waals surface area contributed by atoms with E-state index in [0.29, 0.717) is 5.56 Å². The molecule has 1 aromatic heterocycles. The molecular weight excluding hydrogens is 167 g/mol. The summed E-state index contributed by atoms with van der Waals surface area (Å²) in [6, 6.07) is 1.17. The Bertz CT molecular complexity index is 263. The van der Waals surface area contributed by atoms with E-state index in [1.165, 1.54) is 12.3 Å². The maximum atomic E-state index is 13.0. The Morgan fingerprint density at radius 3 is 2.82 bits per heavy atom. The molecule has 0 spiro atoms. The van der Waals surface area contributed by atoms with Gasteiger partial charge in [0.25, 0.3) is 0 Å². The standard InChI is InChI=1S/C7H8ClFN2/c1-4(10)5-2-3-11-7(8)6(5)9/h2-4H,10H2,1H3. The summed E-state index contributed by atoms with van der Waals surface area (Å²) >= 11 is 5.42. The summed E-state index contributed by atoms with van der Waals surface area (Å²) in [5, 5.41) is -0.125. The molecule has 0 fully saturated rings. The minimum atomic E-state index is -0.524. The Hall–Kier alpha value is -0.670. The molecule has 2 nitrogen and oxygen atoms in total. The third kappa shape index (κ3) is 1.67. The van der Waals surface area contributed by atoms with Crippen LogP contribution in [-0.4, -0.2) is 4.98 Å². The van der Waals surface area contributed by atoms with Crippen LogP contribution >= 0.6 is 11.6 Å². The molecule has 0 aliphatic rings. The minimum absolute atomic E-state index is 0.125. The number of halogens is 2. The topological polar surface area (TPSA) is 38.9 Å². The lowest BCUT2D eigenvalue weighted by molar-refractivity contribution is 0.588. The van der Waals surface area contributed by atoms with Gasteiger partial charge in [0.15, 0.2) is 11.0 Å². The molecule has 11 heavy (non-hydrogen) atoms. The number of nitrogens with zero attached hydrogens (tertiary/aromatic N) is 1. The van der Waals surface area contributed by atoms with Crippen molar-refractivity contribution in [3.63, 3.8) is 0 Å². The first-order valence-corrected chi connectivity index (χ1v) is 3.56. The second-order valence-electron chi connectivity index (χ2n) is 2.29. The Morgan fingerprint density at radius 2 is 2.36 bits per heavy atom. The third-order valence-electron chi connectivity index (χ3n) is 1.37. The first kappa shape index (κ1) is 8.43. The lowest BCUT2D eigenvalue weighted by Gasteiger charge is -2.06. The van der Waals surface area contributed by atoms with Crippen molar-refractivity contribution in [1.29, 1.82) is 0 Å². The van der Waals surface area contributed by atoms with Crippen molar-refractivity contribution in [3.05, 3.63) is 28.8 Å². The van der Waals surface area contributed by atoms with Gasteiger partial charge < -0.3 is 5.73 Å². The van der Waals surface area contributed by atoms with Crippen LogP contribution in [0.5, 0.6) is 0 Å². The molecule has 1 heterocycles. The quantitative estimate of drug-likeness (QED) is 0.661. The molecule has 0 amide bonds. The maximum absolute atomic E-state index is 13.0. The highest BCUT2D eigenvalue weighted by atomic mass is 35.5. The fourth-order valence-corrected chi connectivity index (χ4v) is 0.949. The summed E-state index contributed by atoms with van der Waals surface area (Å²) in [5.41, 5.74) is 5.85. The summed E-state index contributed by atoms with van der Waals surface area (Å²) in [4.78, 5) is 3.56. The van der Waals surface area contributed by atoms with E-state index in [-0.39, 0.29) is 11.2 Å². The van der Waals surface area contributed by atoms with Crippen LogP contribution in [0.3, 0.4) is 0 Å². The van der Waals surface area contributed by atoms with Gasteiger partial charge in [-0.1, -0.05) is 11.6 Å². The van der Waals surface area contributed by atoms with Gasteiger partial charge in [-0.3, -0.25) is 0 Å². The summed E-state index contributed by atoms with van der Waals surface area (Å²) in [5.74, 6) is -0.524. The highest BCUT2D eigenvalue weighted by Crippen LogP contribution is 2.18. The number of nitrogens with two attached hydrogens (primary N) is 1. The van der Waals surface area contributed by atoms with E-state index < -0.39 is 5.82 Å².